The quantitative estimate of drug-likeness (QED) is 0.227. The monoisotopic (exact) mass is 1110 g/mol. The molecule has 2 bridgehead atoms. The van der Waals surface area contributed by atoms with Crippen molar-refractivity contribution in [1.82, 2.24) is 0 Å². The van der Waals surface area contributed by atoms with E-state index < -0.39 is 0 Å². The Morgan fingerprint density at radius 1 is 0.344 bits per heavy atom. The highest BCUT2D eigenvalue weighted by atomic mass is 16.6. The highest BCUT2D eigenvalue weighted by Crippen LogP contribution is 2.57. The molecule has 90 heavy (non-hydrogen) atoms. The fourth-order valence-electron chi connectivity index (χ4n) is 5.97. The number of rotatable bonds is 6. The number of carbonyl (C=O) groups excluding carboxylic acids is 1. The molecule has 0 saturated heterocycles. The van der Waals surface area contributed by atoms with Gasteiger partial charge >= 0.3 is 5.97 Å². The summed E-state index contributed by atoms with van der Waals surface area (Å²) in [5.41, 5.74) is 2.40. The number of benzene rings is 1. The van der Waals surface area contributed by atoms with Crippen LogP contribution in [0.2, 0.25) is 0 Å². The molecule has 2 atom stereocenters. The van der Waals surface area contributed by atoms with Crippen LogP contribution in [0.3, 0.4) is 0 Å². The molecule has 2 unspecified atom stereocenters. The summed E-state index contributed by atoms with van der Waals surface area (Å²) in [5, 5.41) is 0. The highest BCUT2D eigenvalue weighted by molar-refractivity contribution is 5.71. The number of ether oxygens (including phenoxy) is 1. The molecule has 0 radical (unpaired) electrons. The van der Waals surface area contributed by atoms with Gasteiger partial charge in [0.15, 0.2) is 0 Å². The third kappa shape index (κ3) is 40.5. The predicted octanol–water partition coefficient (Wildman–Crippen LogP) is 5.04. The van der Waals surface area contributed by atoms with Crippen LogP contribution in [0.5, 0.6) is 0 Å². The van der Waals surface area contributed by atoms with E-state index in [2.05, 4.69) is 434 Å². The Morgan fingerprint density at radius 3 is 0.789 bits per heavy atom. The Kier molecular flexibility index (Phi) is 41.8. The molecule has 3 rings (SSSR count). The number of carbonyl (C=O) groups is 1. The minimum Gasteiger partial charge on any atom is -0.454 e. The van der Waals surface area contributed by atoms with E-state index in [-0.39, 0.29) is 11.6 Å². The Hall–Kier alpha value is -16.7. The highest BCUT2D eigenvalue weighted by Gasteiger charge is 2.51. The molecule has 2 nitrogen and oxygen atoms in total. The van der Waals surface area contributed by atoms with Crippen molar-refractivity contribution in [3.05, 3.63) is 35.4 Å². The Morgan fingerprint density at radius 2 is 0.567 bits per heavy atom. The maximum absolute atomic E-state index is 12.1. The second-order valence-electron chi connectivity index (χ2n) is 14.8. The predicted molar refractivity (Wildman–Crippen MR) is 354 cm³/mol. The molecule has 2 heteroatoms. The van der Waals surface area contributed by atoms with Gasteiger partial charge in [0.25, 0.3) is 0 Å². The fraction of sp³-hybridized carbons (Fsp3) is 0.125. The first kappa shape index (κ1) is 69.4. The summed E-state index contributed by atoms with van der Waals surface area (Å²) in [6.07, 6.45) is 18.2. The van der Waals surface area contributed by atoms with Gasteiger partial charge in [0.1, 0.15) is 5.60 Å². The molecule has 0 aliphatic heterocycles. The Bertz CT molecular complexity index is 5210. The largest absolute Gasteiger partial charge is 0.454 e. The number of hydrogen-bond donors (Lipinski definition) is 0. The number of esters is 1. The normalized spacial score (nSPS) is 8.94. The van der Waals surface area contributed by atoms with Crippen molar-refractivity contribution in [2.45, 2.75) is 69.8 Å². The van der Waals surface area contributed by atoms with Gasteiger partial charge in [-0.1, -0.05) is 50.5 Å². The van der Waals surface area contributed by atoms with Gasteiger partial charge in [-0.3, -0.25) is 4.79 Å². The first-order valence-electron chi connectivity index (χ1n) is 25.4. The minimum absolute atomic E-state index is 0.00143. The lowest BCUT2D eigenvalue weighted by atomic mass is 9.89. The lowest BCUT2D eigenvalue weighted by Gasteiger charge is -2.29. The average Bonchev–Trinajstić information content (AvgIpc) is 1.59. The fourth-order valence-corrected chi connectivity index (χ4v) is 5.97. The third-order valence-corrected chi connectivity index (χ3v) is 9.11. The zero-order valence-electron chi connectivity index (χ0n) is 47.5. The van der Waals surface area contributed by atoms with Crippen molar-refractivity contribution in [3.8, 4) is 415 Å². The van der Waals surface area contributed by atoms with E-state index in [1.165, 1.54) is 30.4 Å². The van der Waals surface area contributed by atoms with E-state index in [1.54, 1.807) is 0 Å². The summed E-state index contributed by atoms with van der Waals surface area (Å²) >= 11 is 0. The molecule has 0 N–H and O–H groups in total. The zero-order valence-corrected chi connectivity index (χ0v) is 47.5. The van der Waals surface area contributed by atoms with Gasteiger partial charge < -0.3 is 4.74 Å². The molecule has 390 valence electrons. The van der Waals surface area contributed by atoms with Crippen LogP contribution in [0.15, 0.2) is 24.3 Å². The van der Waals surface area contributed by atoms with Crippen LogP contribution in [0.4, 0.5) is 0 Å². The van der Waals surface area contributed by atoms with Gasteiger partial charge in [-0.25, -0.2) is 0 Å². The molecule has 1 fully saturated rings. The van der Waals surface area contributed by atoms with Crippen LogP contribution < -0.4 is 0 Å². The first-order chi connectivity index (χ1) is 44.7. The van der Waals surface area contributed by atoms with Crippen LogP contribution in [0, 0.1) is 415 Å². The van der Waals surface area contributed by atoms with Crippen LogP contribution in [0.25, 0.3) is 0 Å². The molecule has 1 aromatic rings. The van der Waals surface area contributed by atoms with Crippen molar-refractivity contribution < 1.29 is 9.53 Å². The molecule has 2 aliphatic carbocycles. The molecule has 2 aliphatic rings. The first-order valence-corrected chi connectivity index (χ1v) is 25.4. The van der Waals surface area contributed by atoms with Gasteiger partial charge in [-0.2, -0.15) is 0 Å². The maximum atomic E-state index is 12.1. The van der Waals surface area contributed by atoms with Gasteiger partial charge in [0.2, 0.25) is 0 Å². The molecule has 0 spiro atoms. The minimum atomic E-state index is -0.289. The standard InChI is InChI=1S/C70H2.C18H24O2/c1-3-5-7-9-11-13-15-17-19-21-23-25-27-29-31-33-35-37-39-41-43-45-47-49-51-53-55-57-59-61-63-65-67-69-70-68-66-64-62-60-58-56-54-52-50-48-46-44-42-40-38-36-34-32-30-28-26-24-22-20-18-16-14-12-10-8-6-4-2;1-2-3-4-5-10-17(19)20-18-12-11-14(13-18)15-8-6-7-9-16(15)18/h1-2H;6-9,14H,2-5,10-13H2,1H3. The summed E-state index contributed by atoms with van der Waals surface area (Å²) in [5.74, 6) is 169. The lowest BCUT2D eigenvalue weighted by Crippen LogP contribution is -2.28. The van der Waals surface area contributed by atoms with Crippen molar-refractivity contribution in [1.29, 1.82) is 0 Å². The molecule has 1 aromatic carbocycles. The molecular formula is C88H26O2. The lowest BCUT2D eigenvalue weighted by molar-refractivity contribution is -0.160. The number of unbranched alkanes of at least 4 members (excludes halogenated alkanes) is 3. The van der Waals surface area contributed by atoms with E-state index >= 15 is 0 Å². The van der Waals surface area contributed by atoms with E-state index in [4.69, 9.17) is 17.6 Å². The van der Waals surface area contributed by atoms with E-state index in [0.29, 0.717) is 12.3 Å². The van der Waals surface area contributed by atoms with Crippen LogP contribution >= 0.6 is 0 Å². The van der Waals surface area contributed by atoms with E-state index in [9.17, 15) is 4.79 Å². The van der Waals surface area contributed by atoms with Crippen molar-refractivity contribution in [2.24, 2.45) is 0 Å². The van der Waals surface area contributed by atoms with Gasteiger partial charge in [-0.15, -0.1) is 12.8 Å². The average molecular weight is 1120 g/mol. The second-order valence-corrected chi connectivity index (χ2v) is 14.8. The second kappa shape index (κ2) is 54.3. The van der Waals surface area contributed by atoms with Crippen LogP contribution in [-0.4, -0.2) is 5.97 Å². The van der Waals surface area contributed by atoms with Crippen LogP contribution in [0.1, 0.15) is 75.3 Å². The Balaban J connectivity index is 0.00000114. The summed E-state index contributed by atoms with van der Waals surface area (Å²) in [6.45, 7) is 2.19. The SMILES string of the molecule is C#CC#CC#CC#CC#CC#CC#CC#CC#CC#CC#CC#CC#CC#CC#CC#CC#CC#CC#CC#CC#CC#CC#CC#CC#CC#CC#CC#CC#CC#CC#CC#CC#CC#CC#C.CCCCCCC(=O)OC12CCC(C1)c1ccccc12. The van der Waals surface area contributed by atoms with Gasteiger partial charge in [0.05, 0.1) is 0 Å². The summed E-state index contributed by atoms with van der Waals surface area (Å²) < 4.78 is 5.96. The topological polar surface area (TPSA) is 26.3 Å². The molecular weight excluding hydrogens is 1090 g/mol. The molecule has 0 amide bonds. The van der Waals surface area contributed by atoms with Gasteiger partial charge in [0, 0.05) is 314 Å². The van der Waals surface area contributed by atoms with Crippen molar-refractivity contribution in [3.63, 3.8) is 0 Å². The smallest absolute Gasteiger partial charge is 0.306 e. The number of fused-ring (bicyclic) bond motifs is 5. The maximum Gasteiger partial charge on any atom is 0.306 e. The van der Waals surface area contributed by atoms with E-state index in [0.717, 1.165) is 25.7 Å². The van der Waals surface area contributed by atoms with Gasteiger partial charge in [-0.05, 0) is 137 Å². The molecule has 0 aromatic heterocycles. The Labute approximate surface area is 533 Å². The molecule has 1 saturated carbocycles. The molecule has 0 heterocycles. The summed E-state index contributed by atoms with van der Waals surface area (Å²) in [4.78, 5) is 12.1. The van der Waals surface area contributed by atoms with Crippen LogP contribution in [-0.2, 0) is 15.1 Å². The van der Waals surface area contributed by atoms with E-state index in [1.807, 2.05) is 0 Å². The summed E-state index contributed by atoms with van der Waals surface area (Å²) in [6, 6.07) is 8.52. The summed E-state index contributed by atoms with van der Waals surface area (Å²) in [7, 11) is 0. The third-order valence-electron chi connectivity index (χ3n) is 9.11. The number of hydrogen-bond acceptors (Lipinski definition) is 2. The van der Waals surface area contributed by atoms with Crippen molar-refractivity contribution >= 4 is 5.97 Å². The van der Waals surface area contributed by atoms with Crippen molar-refractivity contribution in [2.75, 3.05) is 0 Å². The number of terminal acetylenes is 2. The zero-order chi connectivity index (χ0) is 64.1.